The highest BCUT2D eigenvalue weighted by atomic mass is 19.1. The van der Waals surface area contributed by atoms with Crippen molar-refractivity contribution < 1.29 is 27.8 Å². The van der Waals surface area contributed by atoms with Gasteiger partial charge in [-0.15, -0.1) is 0 Å². The fraction of sp³-hybridized carbons (Fsp3) is 0.900. The molecule has 2 amide bonds. The Morgan fingerprint density at radius 2 is 1.41 bits per heavy atom. The van der Waals surface area contributed by atoms with Crippen LogP contribution in [0.25, 0.3) is 10.4 Å². The topological polar surface area (TPSA) is 134 Å². The third kappa shape index (κ3) is 9.04. The zero-order valence-electron chi connectivity index (χ0n) is 19.8. The fourth-order valence-electron chi connectivity index (χ4n) is 3.38. The number of carbonyl (C=O) groups is 2. The van der Waals surface area contributed by atoms with Crippen molar-refractivity contribution in [2.45, 2.75) is 89.8 Å². The molecule has 2 saturated heterocycles. The lowest BCUT2D eigenvalue weighted by molar-refractivity contribution is 0.0196. The van der Waals surface area contributed by atoms with E-state index in [0.717, 1.165) is 0 Å². The Labute approximate surface area is 188 Å². The first-order valence-corrected chi connectivity index (χ1v) is 10.6. The molecule has 0 radical (unpaired) electrons. The van der Waals surface area contributed by atoms with Crippen LogP contribution in [0.1, 0.15) is 54.4 Å². The van der Waals surface area contributed by atoms with E-state index in [2.05, 4.69) is 10.0 Å². The predicted octanol–water partition coefficient (Wildman–Crippen LogP) is 3.94. The monoisotopic (exact) mass is 462 g/mol. The number of likely N-dealkylation sites (tertiary alicyclic amines) is 2. The molecule has 0 bridgehead atoms. The maximum atomic E-state index is 12.8. The van der Waals surface area contributed by atoms with Gasteiger partial charge in [-0.1, -0.05) is 5.11 Å². The van der Waals surface area contributed by atoms with Crippen molar-refractivity contribution >= 4 is 12.2 Å². The summed E-state index contributed by atoms with van der Waals surface area (Å²) in [5, 5.41) is 3.52. The van der Waals surface area contributed by atoms with Crippen molar-refractivity contribution in [3.05, 3.63) is 10.4 Å². The molecule has 0 aromatic rings. The van der Waals surface area contributed by atoms with Crippen molar-refractivity contribution in [3.8, 4) is 0 Å². The molecule has 0 aromatic carbocycles. The van der Waals surface area contributed by atoms with E-state index >= 15 is 0 Å². The molecule has 0 spiro atoms. The number of carbonyl (C=O) groups excluding carboxylic acids is 2. The third-order valence-electron chi connectivity index (χ3n) is 4.67. The molecule has 12 heteroatoms. The number of nitrogens with two attached hydrogens (primary N) is 1. The van der Waals surface area contributed by atoms with Crippen LogP contribution in [0.4, 0.5) is 18.4 Å². The smallest absolute Gasteiger partial charge is 0.410 e. The molecule has 2 aliphatic rings. The highest BCUT2D eigenvalue weighted by Crippen LogP contribution is 2.24. The first-order valence-electron chi connectivity index (χ1n) is 10.6. The second-order valence-electron chi connectivity index (χ2n) is 9.97. The van der Waals surface area contributed by atoms with E-state index in [1.54, 1.807) is 41.5 Å². The maximum absolute atomic E-state index is 12.8. The molecule has 0 aromatic heterocycles. The molecule has 2 N–H and O–H groups in total. The maximum Gasteiger partial charge on any atom is 0.410 e. The Bertz CT molecular complexity index is 691. The van der Waals surface area contributed by atoms with Gasteiger partial charge in [0.2, 0.25) is 0 Å². The number of rotatable bonds is 3. The molecule has 2 rings (SSSR count). The lowest BCUT2D eigenvalue weighted by Crippen LogP contribution is -2.41. The van der Waals surface area contributed by atoms with Crippen LogP contribution in [-0.4, -0.2) is 83.8 Å². The number of ether oxygens (including phenoxy) is 2. The zero-order valence-corrected chi connectivity index (χ0v) is 19.8. The molecular formula is C20H36F2N6O4. The van der Waals surface area contributed by atoms with Gasteiger partial charge in [0.1, 0.15) is 24.6 Å². The van der Waals surface area contributed by atoms with E-state index in [4.69, 9.17) is 20.7 Å². The number of alkyl halides is 2. The average molecular weight is 463 g/mol. The highest BCUT2D eigenvalue weighted by Gasteiger charge is 2.37. The molecule has 0 aliphatic carbocycles. The van der Waals surface area contributed by atoms with E-state index in [1.165, 1.54) is 9.80 Å². The third-order valence-corrected chi connectivity index (χ3v) is 4.67. The van der Waals surface area contributed by atoms with Crippen LogP contribution >= 0.6 is 0 Å². The van der Waals surface area contributed by atoms with Gasteiger partial charge in [-0.2, -0.15) is 0 Å². The molecular weight excluding hydrogens is 426 g/mol. The van der Waals surface area contributed by atoms with Gasteiger partial charge in [0, 0.05) is 24.0 Å². The molecule has 4 atom stereocenters. The molecule has 0 saturated carbocycles. The summed E-state index contributed by atoms with van der Waals surface area (Å²) < 4.78 is 35.7. The number of nitrogens with zero attached hydrogens (tertiary/aromatic N) is 5. The lowest BCUT2D eigenvalue weighted by Gasteiger charge is -2.27. The first-order chi connectivity index (χ1) is 14.7. The van der Waals surface area contributed by atoms with Crippen molar-refractivity contribution in [1.82, 2.24) is 9.80 Å². The van der Waals surface area contributed by atoms with Crippen LogP contribution in [0.15, 0.2) is 5.11 Å². The largest absolute Gasteiger partial charge is 0.444 e. The van der Waals surface area contributed by atoms with Crippen LogP contribution in [0.3, 0.4) is 0 Å². The number of halogens is 2. The highest BCUT2D eigenvalue weighted by molar-refractivity contribution is 5.69. The average Bonchev–Trinajstić information content (AvgIpc) is 3.23. The molecule has 2 fully saturated rings. The molecule has 2 aliphatic heterocycles. The normalized spacial score (nSPS) is 25.5. The van der Waals surface area contributed by atoms with Crippen molar-refractivity contribution in [2.24, 2.45) is 10.8 Å². The second kappa shape index (κ2) is 11.5. The Hall–Kier alpha value is -2.33. The van der Waals surface area contributed by atoms with Gasteiger partial charge in [-0.3, -0.25) is 0 Å². The standard InChI is InChI=1S/C10H17FN4O2.C10H19FN2O2/c1-10(2,3)17-9(16)15-6-7(13-14-12)4-8(15)5-11;1-10(2,3)15-9(14)13-6-7(12)4-8(13)5-11/h7-8H,4-6H2,1-3H3;7-8H,4-6,12H2,1-3H3/t2*7-,8-/m00/s1. The van der Waals surface area contributed by atoms with E-state index in [-0.39, 0.29) is 18.6 Å². The zero-order chi connectivity index (χ0) is 24.7. The summed E-state index contributed by atoms with van der Waals surface area (Å²) >= 11 is 0. The molecule has 2 heterocycles. The quantitative estimate of drug-likeness (QED) is 0.385. The lowest BCUT2D eigenvalue weighted by atomic mass is 10.2. The van der Waals surface area contributed by atoms with Crippen LogP contribution in [0.5, 0.6) is 0 Å². The summed E-state index contributed by atoms with van der Waals surface area (Å²) in [6.45, 7) is 9.96. The summed E-state index contributed by atoms with van der Waals surface area (Å²) in [7, 11) is 0. The Kier molecular flexibility index (Phi) is 9.96. The molecule has 184 valence electrons. The fourth-order valence-corrected chi connectivity index (χ4v) is 3.38. The van der Waals surface area contributed by atoms with Crippen molar-refractivity contribution in [1.29, 1.82) is 0 Å². The first kappa shape index (κ1) is 27.7. The minimum absolute atomic E-state index is 0.140. The summed E-state index contributed by atoms with van der Waals surface area (Å²) in [4.78, 5) is 28.8. The number of hydrogen-bond donors (Lipinski definition) is 1. The van der Waals surface area contributed by atoms with E-state index in [0.29, 0.717) is 19.4 Å². The molecule has 0 unspecified atom stereocenters. The summed E-state index contributed by atoms with van der Waals surface area (Å²) in [6.07, 6.45) is -0.177. The van der Waals surface area contributed by atoms with E-state index < -0.39 is 48.8 Å². The van der Waals surface area contributed by atoms with Gasteiger partial charge in [0.25, 0.3) is 0 Å². The summed E-state index contributed by atoms with van der Waals surface area (Å²) in [5.41, 5.74) is 12.8. The van der Waals surface area contributed by atoms with Gasteiger partial charge < -0.3 is 25.0 Å². The van der Waals surface area contributed by atoms with Gasteiger partial charge in [0.05, 0.1) is 18.1 Å². The van der Waals surface area contributed by atoms with E-state index in [9.17, 15) is 18.4 Å². The Balaban J connectivity index is 0.000000323. The number of azide groups is 1. The van der Waals surface area contributed by atoms with Crippen molar-refractivity contribution in [2.75, 3.05) is 26.4 Å². The van der Waals surface area contributed by atoms with Gasteiger partial charge in [0.15, 0.2) is 0 Å². The molecule has 32 heavy (non-hydrogen) atoms. The summed E-state index contributed by atoms with van der Waals surface area (Å²) in [5.74, 6) is 0. The second-order valence-corrected chi connectivity index (χ2v) is 9.97. The minimum Gasteiger partial charge on any atom is -0.444 e. The number of hydrogen-bond acceptors (Lipinski definition) is 6. The van der Waals surface area contributed by atoms with Crippen LogP contribution in [0.2, 0.25) is 0 Å². The van der Waals surface area contributed by atoms with Crippen LogP contribution in [0, 0.1) is 0 Å². The summed E-state index contributed by atoms with van der Waals surface area (Å²) in [6, 6.07) is -1.48. The minimum atomic E-state index is -0.656. The van der Waals surface area contributed by atoms with Gasteiger partial charge >= 0.3 is 12.2 Å². The number of amides is 2. The SMILES string of the molecule is CC(C)(C)OC(=O)N1C[C@@H](N)C[C@H]1CF.CC(C)(C)OC(=O)N1C[C@@H](N=[N+]=[N-])C[C@H]1CF. The van der Waals surface area contributed by atoms with Crippen molar-refractivity contribution in [3.63, 3.8) is 0 Å². The van der Waals surface area contributed by atoms with Gasteiger partial charge in [-0.25, -0.2) is 18.4 Å². The van der Waals surface area contributed by atoms with E-state index in [1.807, 2.05) is 0 Å². The van der Waals surface area contributed by atoms with Gasteiger partial charge in [-0.05, 0) is 59.9 Å². The van der Waals surface area contributed by atoms with Crippen LogP contribution < -0.4 is 5.73 Å². The Morgan fingerprint density at radius 3 is 1.81 bits per heavy atom. The predicted molar refractivity (Wildman–Crippen MR) is 116 cm³/mol. The Morgan fingerprint density at radius 1 is 0.969 bits per heavy atom. The van der Waals surface area contributed by atoms with Crippen LogP contribution in [-0.2, 0) is 9.47 Å². The molecule has 10 nitrogen and oxygen atoms in total.